The predicted octanol–water partition coefficient (Wildman–Crippen LogP) is 2.88. The van der Waals surface area contributed by atoms with Crippen molar-refractivity contribution in [3.05, 3.63) is 35.1 Å². The Kier molecular flexibility index (Phi) is 3.85. The molecule has 1 saturated heterocycles. The van der Waals surface area contributed by atoms with Crippen molar-refractivity contribution < 1.29 is 4.39 Å². The molecule has 0 amide bonds. The fraction of sp³-hybridized carbons (Fsp3) is 0.625. The summed E-state index contributed by atoms with van der Waals surface area (Å²) in [6, 6.07) is 5.69. The minimum Gasteiger partial charge on any atom is -0.314 e. The van der Waals surface area contributed by atoms with Gasteiger partial charge in [0.25, 0.3) is 0 Å². The van der Waals surface area contributed by atoms with Gasteiger partial charge in [-0.05, 0) is 48.9 Å². The van der Waals surface area contributed by atoms with E-state index < -0.39 is 0 Å². The van der Waals surface area contributed by atoms with Gasteiger partial charge in [0.1, 0.15) is 5.82 Å². The zero-order valence-electron chi connectivity index (χ0n) is 11.7. The molecular weight excluding hydrogens is 239 g/mol. The van der Waals surface area contributed by atoms with Crippen LogP contribution in [0, 0.1) is 18.7 Å². The van der Waals surface area contributed by atoms with E-state index in [1.165, 1.54) is 30.4 Å². The van der Waals surface area contributed by atoms with E-state index in [9.17, 15) is 4.39 Å². The molecule has 0 bridgehead atoms. The summed E-state index contributed by atoms with van der Waals surface area (Å²) in [7, 11) is 0. The molecule has 1 N–H and O–H groups in total. The Hall–Kier alpha value is -0.930. The van der Waals surface area contributed by atoms with Crippen LogP contribution in [0.4, 0.5) is 4.39 Å². The maximum absolute atomic E-state index is 13.6. The molecule has 1 saturated carbocycles. The Bertz CT molecular complexity index is 436. The molecule has 1 aliphatic carbocycles. The fourth-order valence-electron chi connectivity index (χ4n) is 3.39. The molecule has 2 fully saturated rings. The highest BCUT2D eigenvalue weighted by Crippen LogP contribution is 2.42. The lowest BCUT2D eigenvalue weighted by Crippen LogP contribution is -2.48. The van der Waals surface area contributed by atoms with Crippen LogP contribution in [0.25, 0.3) is 0 Å². The number of rotatable bonds is 3. The molecule has 1 aliphatic heterocycles. The van der Waals surface area contributed by atoms with Gasteiger partial charge in [0, 0.05) is 32.2 Å². The van der Waals surface area contributed by atoms with Crippen molar-refractivity contribution in [3.63, 3.8) is 0 Å². The number of hydrogen-bond donors (Lipinski definition) is 1. The third kappa shape index (κ3) is 2.67. The Morgan fingerprint density at radius 1 is 1.26 bits per heavy atom. The molecule has 0 aromatic heterocycles. The Morgan fingerprint density at radius 3 is 2.63 bits per heavy atom. The second-order valence-electron chi connectivity index (χ2n) is 5.92. The number of piperazine rings is 1. The maximum Gasteiger partial charge on any atom is 0.123 e. The van der Waals surface area contributed by atoms with Gasteiger partial charge >= 0.3 is 0 Å². The van der Waals surface area contributed by atoms with E-state index in [1.54, 1.807) is 12.1 Å². The summed E-state index contributed by atoms with van der Waals surface area (Å²) in [6.45, 7) is 6.38. The molecule has 0 unspecified atom stereocenters. The average molecular weight is 262 g/mol. The van der Waals surface area contributed by atoms with Gasteiger partial charge in [0.2, 0.25) is 0 Å². The van der Waals surface area contributed by atoms with E-state index in [1.807, 2.05) is 6.07 Å². The van der Waals surface area contributed by atoms with Crippen LogP contribution in [0.5, 0.6) is 0 Å². The number of nitrogens with zero attached hydrogens (tertiary/aromatic N) is 1. The van der Waals surface area contributed by atoms with Gasteiger partial charge in [-0.15, -0.1) is 0 Å². The van der Waals surface area contributed by atoms with Crippen LogP contribution in [0.2, 0.25) is 0 Å². The highest BCUT2D eigenvalue weighted by atomic mass is 19.1. The van der Waals surface area contributed by atoms with E-state index in [-0.39, 0.29) is 5.82 Å². The lowest BCUT2D eigenvalue weighted by Gasteiger charge is -2.43. The number of nitrogens with one attached hydrogen (secondary N) is 1. The topological polar surface area (TPSA) is 15.3 Å². The highest BCUT2D eigenvalue weighted by molar-refractivity contribution is 5.30. The molecule has 1 atom stereocenters. The minimum absolute atomic E-state index is 0.0972. The summed E-state index contributed by atoms with van der Waals surface area (Å²) in [5, 5.41) is 3.41. The Labute approximate surface area is 115 Å². The normalized spacial score (nSPS) is 23.1. The van der Waals surface area contributed by atoms with Crippen molar-refractivity contribution in [2.45, 2.75) is 32.2 Å². The lowest BCUT2D eigenvalue weighted by molar-refractivity contribution is 0.0831. The van der Waals surface area contributed by atoms with E-state index >= 15 is 0 Å². The van der Waals surface area contributed by atoms with Crippen molar-refractivity contribution in [1.29, 1.82) is 0 Å². The van der Waals surface area contributed by atoms with Crippen molar-refractivity contribution in [3.8, 4) is 0 Å². The van der Waals surface area contributed by atoms with Gasteiger partial charge < -0.3 is 5.32 Å². The SMILES string of the molecule is Cc1ccc(F)cc1[C@H](C1CCC1)N1CCNCC1. The molecule has 2 aliphatic rings. The van der Waals surface area contributed by atoms with Crippen LogP contribution in [-0.2, 0) is 0 Å². The third-order valence-electron chi connectivity index (χ3n) is 4.70. The quantitative estimate of drug-likeness (QED) is 0.901. The van der Waals surface area contributed by atoms with Crippen LogP contribution in [-0.4, -0.2) is 31.1 Å². The largest absolute Gasteiger partial charge is 0.314 e. The zero-order valence-corrected chi connectivity index (χ0v) is 11.7. The summed E-state index contributed by atoms with van der Waals surface area (Å²) >= 11 is 0. The first-order chi connectivity index (χ1) is 9.25. The first-order valence-electron chi connectivity index (χ1n) is 7.46. The minimum atomic E-state index is -0.0972. The highest BCUT2D eigenvalue weighted by Gasteiger charge is 2.34. The van der Waals surface area contributed by atoms with Gasteiger partial charge in [0.05, 0.1) is 0 Å². The van der Waals surface area contributed by atoms with Crippen LogP contribution < -0.4 is 5.32 Å². The number of benzene rings is 1. The Morgan fingerprint density at radius 2 is 2.00 bits per heavy atom. The monoisotopic (exact) mass is 262 g/mol. The van der Waals surface area contributed by atoms with Gasteiger partial charge in [0.15, 0.2) is 0 Å². The van der Waals surface area contributed by atoms with E-state index in [4.69, 9.17) is 0 Å². The maximum atomic E-state index is 13.6. The molecule has 0 radical (unpaired) electrons. The van der Waals surface area contributed by atoms with Gasteiger partial charge in [-0.1, -0.05) is 12.5 Å². The predicted molar refractivity (Wildman–Crippen MR) is 75.7 cm³/mol. The molecule has 2 nitrogen and oxygen atoms in total. The second kappa shape index (κ2) is 5.59. The van der Waals surface area contributed by atoms with E-state index in [0.717, 1.165) is 32.1 Å². The summed E-state index contributed by atoms with van der Waals surface area (Å²) < 4.78 is 13.6. The van der Waals surface area contributed by atoms with Crippen LogP contribution in [0.3, 0.4) is 0 Å². The molecular formula is C16H23FN2. The molecule has 104 valence electrons. The first-order valence-corrected chi connectivity index (χ1v) is 7.46. The molecule has 19 heavy (non-hydrogen) atoms. The van der Waals surface area contributed by atoms with Gasteiger partial charge in [-0.3, -0.25) is 4.90 Å². The molecule has 3 rings (SSSR count). The van der Waals surface area contributed by atoms with Crippen LogP contribution in [0.15, 0.2) is 18.2 Å². The van der Waals surface area contributed by atoms with Gasteiger partial charge in [-0.2, -0.15) is 0 Å². The molecule has 1 heterocycles. The van der Waals surface area contributed by atoms with E-state index in [0.29, 0.717) is 6.04 Å². The Balaban J connectivity index is 1.90. The van der Waals surface area contributed by atoms with Crippen molar-refractivity contribution in [2.24, 2.45) is 5.92 Å². The van der Waals surface area contributed by atoms with Gasteiger partial charge in [-0.25, -0.2) is 4.39 Å². The molecule has 0 spiro atoms. The number of aryl methyl sites for hydroxylation is 1. The summed E-state index contributed by atoms with van der Waals surface area (Å²) in [4.78, 5) is 2.56. The van der Waals surface area contributed by atoms with Crippen molar-refractivity contribution >= 4 is 0 Å². The first kappa shape index (κ1) is 13.1. The smallest absolute Gasteiger partial charge is 0.123 e. The van der Waals surface area contributed by atoms with Crippen molar-refractivity contribution in [2.75, 3.05) is 26.2 Å². The molecule has 1 aromatic carbocycles. The summed E-state index contributed by atoms with van der Waals surface area (Å²) in [5.41, 5.74) is 2.45. The van der Waals surface area contributed by atoms with Crippen LogP contribution >= 0.6 is 0 Å². The molecule has 3 heteroatoms. The van der Waals surface area contributed by atoms with E-state index in [2.05, 4.69) is 17.1 Å². The number of hydrogen-bond acceptors (Lipinski definition) is 2. The summed E-state index contributed by atoms with van der Waals surface area (Å²) in [6.07, 6.45) is 3.93. The average Bonchev–Trinajstić information content (AvgIpc) is 2.38. The summed E-state index contributed by atoms with van der Waals surface area (Å²) in [5.74, 6) is 0.624. The zero-order chi connectivity index (χ0) is 13.2. The number of halogens is 1. The lowest BCUT2D eigenvalue weighted by atomic mass is 9.75. The van der Waals surface area contributed by atoms with Crippen LogP contribution in [0.1, 0.15) is 36.4 Å². The standard InChI is InChI=1S/C16H23FN2/c1-12-5-6-14(17)11-15(12)16(13-3-2-4-13)19-9-7-18-8-10-19/h5-6,11,13,16,18H,2-4,7-10H2,1H3/t16-/m0/s1. The van der Waals surface area contributed by atoms with Crippen molar-refractivity contribution in [1.82, 2.24) is 10.2 Å². The second-order valence-corrected chi connectivity index (χ2v) is 5.92. The third-order valence-corrected chi connectivity index (χ3v) is 4.70. The fourth-order valence-corrected chi connectivity index (χ4v) is 3.39. The molecule has 1 aromatic rings.